The molecule has 5 heteroatoms. The van der Waals surface area contributed by atoms with Crippen LogP contribution < -0.4 is 0 Å². The summed E-state index contributed by atoms with van der Waals surface area (Å²) >= 11 is 0. The zero-order valence-electron chi connectivity index (χ0n) is 11.3. The fraction of sp³-hybridized carbons (Fsp3) is 0.533. The highest BCUT2D eigenvalue weighted by atomic mass is 32.2. The Morgan fingerprint density at radius 2 is 1.80 bits per heavy atom. The molecule has 2 aliphatic heterocycles. The van der Waals surface area contributed by atoms with Gasteiger partial charge in [0.25, 0.3) is 0 Å². The highest BCUT2D eigenvalue weighted by Crippen LogP contribution is 2.42. The Hall–Kier alpha value is -1.23. The lowest BCUT2D eigenvalue weighted by Crippen LogP contribution is -2.36. The van der Waals surface area contributed by atoms with Crippen LogP contribution in [-0.2, 0) is 9.84 Å². The summed E-state index contributed by atoms with van der Waals surface area (Å²) in [4.78, 5) is 12.5. The highest BCUT2D eigenvalue weighted by molar-refractivity contribution is 7.93. The van der Waals surface area contributed by atoms with Crippen LogP contribution in [0.3, 0.4) is 0 Å². The fourth-order valence-corrected chi connectivity index (χ4v) is 5.95. The van der Waals surface area contributed by atoms with E-state index < -0.39 is 26.2 Å². The standard InChI is InChI=1S/C15H17FO3S/c1-9-3-2-4-13(14(9)16)15(17)10-7-11-5-6-12(8-10)20(11,18)19/h2-4,10-12H,5-8H2,1H3. The van der Waals surface area contributed by atoms with Gasteiger partial charge in [-0.3, -0.25) is 4.79 Å². The molecule has 1 aromatic rings. The van der Waals surface area contributed by atoms with Crippen LogP contribution in [0.5, 0.6) is 0 Å². The van der Waals surface area contributed by atoms with Gasteiger partial charge in [-0.1, -0.05) is 12.1 Å². The zero-order chi connectivity index (χ0) is 14.5. The predicted molar refractivity (Wildman–Crippen MR) is 73.9 cm³/mol. The van der Waals surface area contributed by atoms with Gasteiger partial charge in [-0.25, -0.2) is 12.8 Å². The van der Waals surface area contributed by atoms with Crippen molar-refractivity contribution in [2.75, 3.05) is 0 Å². The minimum atomic E-state index is -3.04. The average molecular weight is 296 g/mol. The molecule has 2 heterocycles. The Labute approximate surface area is 118 Å². The molecule has 20 heavy (non-hydrogen) atoms. The van der Waals surface area contributed by atoms with Gasteiger partial charge >= 0.3 is 0 Å². The molecular weight excluding hydrogens is 279 g/mol. The lowest BCUT2D eigenvalue weighted by Gasteiger charge is -2.27. The molecule has 3 nitrogen and oxygen atoms in total. The number of rotatable bonds is 2. The predicted octanol–water partition coefficient (Wildman–Crippen LogP) is 2.67. The highest BCUT2D eigenvalue weighted by Gasteiger charge is 2.48. The van der Waals surface area contributed by atoms with Crippen LogP contribution in [0.25, 0.3) is 0 Å². The molecule has 2 saturated heterocycles. The van der Waals surface area contributed by atoms with Gasteiger partial charge in [0, 0.05) is 5.92 Å². The van der Waals surface area contributed by atoms with Crippen molar-refractivity contribution in [1.82, 2.24) is 0 Å². The van der Waals surface area contributed by atoms with Crippen LogP contribution in [0, 0.1) is 18.7 Å². The Kier molecular flexibility index (Phi) is 3.20. The molecule has 0 radical (unpaired) electrons. The number of hydrogen-bond donors (Lipinski definition) is 0. The van der Waals surface area contributed by atoms with E-state index in [1.807, 2.05) is 0 Å². The van der Waals surface area contributed by atoms with Crippen molar-refractivity contribution in [3.05, 3.63) is 35.1 Å². The van der Waals surface area contributed by atoms with Crippen LogP contribution in [0.1, 0.15) is 41.6 Å². The van der Waals surface area contributed by atoms with Gasteiger partial charge in [0.1, 0.15) is 5.82 Å². The first-order valence-electron chi connectivity index (χ1n) is 6.93. The smallest absolute Gasteiger partial charge is 0.168 e. The van der Waals surface area contributed by atoms with Crippen LogP contribution >= 0.6 is 0 Å². The van der Waals surface area contributed by atoms with Gasteiger partial charge in [-0.15, -0.1) is 0 Å². The second-order valence-corrected chi connectivity index (χ2v) is 8.39. The van der Waals surface area contributed by atoms with E-state index in [2.05, 4.69) is 0 Å². The molecule has 1 aromatic carbocycles. The van der Waals surface area contributed by atoms with Crippen molar-refractivity contribution in [3.8, 4) is 0 Å². The number of ketones is 1. The van der Waals surface area contributed by atoms with E-state index in [4.69, 9.17) is 0 Å². The summed E-state index contributed by atoms with van der Waals surface area (Å²) in [6.45, 7) is 1.63. The van der Waals surface area contributed by atoms with Gasteiger partial charge in [-0.2, -0.15) is 0 Å². The summed E-state index contributed by atoms with van der Waals surface area (Å²) in [5.74, 6) is -1.07. The van der Waals surface area contributed by atoms with Gasteiger partial charge in [-0.05, 0) is 44.2 Å². The summed E-state index contributed by atoms with van der Waals surface area (Å²) in [6, 6.07) is 4.79. The Balaban J connectivity index is 1.89. The van der Waals surface area contributed by atoms with Crippen LogP contribution in [0.2, 0.25) is 0 Å². The topological polar surface area (TPSA) is 51.2 Å². The molecule has 2 aliphatic rings. The van der Waals surface area contributed by atoms with E-state index in [-0.39, 0.29) is 17.3 Å². The first-order chi connectivity index (χ1) is 9.41. The van der Waals surface area contributed by atoms with Crippen molar-refractivity contribution in [1.29, 1.82) is 0 Å². The normalized spacial score (nSPS) is 31.2. The number of carbonyl (C=O) groups is 1. The maximum atomic E-state index is 14.0. The molecule has 0 aromatic heterocycles. The van der Waals surface area contributed by atoms with Crippen molar-refractivity contribution in [3.63, 3.8) is 0 Å². The summed E-state index contributed by atoms with van der Waals surface area (Å²) < 4.78 is 38.1. The van der Waals surface area contributed by atoms with Gasteiger partial charge in [0.15, 0.2) is 15.6 Å². The Morgan fingerprint density at radius 3 is 2.40 bits per heavy atom. The SMILES string of the molecule is Cc1cccc(C(=O)C2CC3CCC(C2)S3(=O)=O)c1F. The lowest BCUT2D eigenvalue weighted by molar-refractivity contribution is 0.0901. The van der Waals surface area contributed by atoms with E-state index in [9.17, 15) is 17.6 Å². The largest absolute Gasteiger partial charge is 0.294 e. The first-order valence-corrected chi connectivity index (χ1v) is 8.54. The van der Waals surface area contributed by atoms with Crippen molar-refractivity contribution < 1.29 is 17.6 Å². The Morgan fingerprint density at radius 1 is 1.20 bits per heavy atom. The van der Waals surface area contributed by atoms with Crippen molar-refractivity contribution in [2.45, 2.75) is 43.1 Å². The number of hydrogen-bond acceptors (Lipinski definition) is 3. The molecule has 108 valence electrons. The minimum absolute atomic E-state index is 0.105. The number of benzene rings is 1. The first kappa shape index (κ1) is 13.7. The number of Topliss-reactive ketones (excluding diaryl/α,β-unsaturated/α-hetero) is 1. The lowest BCUT2D eigenvalue weighted by atomic mass is 9.89. The Bertz CT molecular complexity index is 646. The molecule has 0 N–H and O–H groups in total. The summed E-state index contributed by atoms with van der Waals surface area (Å²) in [6.07, 6.45) is 2.00. The van der Waals surface area contributed by atoms with E-state index in [1.54, 1.807) is 19.1 Å². The van der Waals surface area contributed by atoms with Crippen molar-refractivity contribution in [2.24, 2.45) is 5.92 Å². The molecule has 0 saturated carbocycles. The number of sulfone groups is 1. The number of carbonyl (C=O) groups excluding carboxylic acids is 1. The maximum Gasteiger partial charge on any atom is 0.168 e. The van der Waals surface area contributed by atoms with Crippen molar-refractivity contribution >= 4 is 15.6 Å². The number of aryl methyl sites for hydroxylation is 1. The molecule has 3 rings (SSSR count). The van der Waals surface area contributed by atoms with Gasteiger partial charge < -0.3 is 0 Å². The molecule has 0 aliphatic carbocycles. The molecule has 2 fully saturated rings. The molecule has 2 atom stereocenters. The second-order valence-electron chi connectivity index (χ2n) is 5.88. The van der Waals surface area contributed by atoms with E-state index >= 15 is 0 Å². The third-order valence-corrected chi connectivity index (χ3v) is 7.38. The van der Waals surface area contributed by atoms with E-state index in [1.165, 1.54) is 6.07 Å². The number of fused-ring (bicyclic) bond motifs is 2. The summed E-state index contributed by atoms with van der Waals surface area (Å²) in [5.41, 5.74) is 0.552. The monoisotopic (exact) mass is 296 g/mol. The van der Waals surface area contributed by atoms with E-state index in [0.29, 0.717) is 31.2 Å². The maximum absolute atomic E-state index is 14.0. The third kappa shape index (κ3) is 1.99. The fourth-order valence-electron chi connectivity index (χ4n) is 3.48. The molecule has 2 unspecified atom stereocenters. The third-order valence-electron chi connectivity index (χ3n) is 4.66. The molecule has 0 amide bonds. The van der Waals surface area contributed by atoms with Crippen LogP contribution in [0.4, 0.5) is 4.39 Å². The zero-order valence-corrected chi connectivity index (χ0v) is 12.1. The minimum Gasteiger partial charge on any atom is -0.294 e. The summed E-state index contributed by atoms with van der Waals surface area (Å²) in [7, 11) is -3.04. The van der Waals surface area contributed by atoms with Gasteiger partial charge in [0.05, 0.1) is 16.1 Å². The average Bonchev–Trinajstić information content (AvgIpc) is 2.60. The quantitative estimate of drug-likeness (QED) is 0.788. The van der Waals surface area contributed by atoms with Crippen LogP contribution in [-0.4, -0.2) is 24.7 Å². The van der Waals surface area contributed by atoms with Crippen LogP contribution in [0.15, 0.2) is 18.2 Å². The van der Waals surface area contributed by atoms with Gasteiger partial charge in [0.2, 0.25) is 0 Å². The second kappa shape index (κ2) is 4.65. The number of halogens is 1. The summed E-state index contributed by atoms with van der Waals surface area (Å²) in [5, 5.41) is -0.800. The van der Waals surface area contributed by atoms with E-state index in [0.717, 1.165) is 0 Å². The molecule has 2 bridgehead atoms. The molecule has 0 spiro atoms. The molecular formula is C15H17FO3S.